The third-order valence-electron chi connectivity index (χ3n) is 8.67. The number of fused-ring (bicyclic) bond motifs is 1. The SMILES string of the molecule is C=C1Nc2ccc(OC)cc2CCN1C1CCN(C(=O)CN2C=C(c3cccc(F)c3Cl)C(=C)N(C(C)COC(C)=O)C2=O)CC1. The van der Waals surface area contributed by atoms with E-state index in [4.69, 9.17) is 21.1 Å². The molecule has 1 atom stereocenters. The van der Waals surface area contributed by atoms with E-state index in [1.54, 1.807) is 25.0 Å². The molecule has 1 unspecified atom stereocenters. The van der Waals surface area contributed by atoms with Crippen molar-refractivity contribution in [2.45, 2.75) is 45.2 Å². The van der Waals surface area contributed by atoms with E-state index in [1.807, 2.05) is 18.2 Å². The number of hydrogen-bond acceptors (Lipinski definition) is 7. The lowest BCUT2D eigenvalue weighted by Gasteiger charge is -2.41. The molecule has 0 spiro atoms. The summed E-state index contributed by atoms with van der Waals surface area (Å²) in [7, 11) is 1.65. The number of amides is 3. The lowest BCUT2D eigenvalue weighted by molar-refractivity contribution is -0.142. The molecule has 10 nitrogen and oxygen atoms in total. The molecule has 46 heavy (non-hydrogen) atoms. The summed E-state index contributed by atoms with van der Waals surface area (Å²) >= 11 is 6.33. The molecule has 3 amide bonds. The first kappa shape index (κ1) is 32.9. The molecule has 3 aliphatic rings. The van der Waals surface area contributed by atoms with Crippen LogP contribution >= 0.6 is 11.6 Å². The first-order valence-electron chi connectivity index (χ1n) is 15.2. The van der Waals surface area contributed by atoms with Crippen molar-refractivity contribution in [2.24, 2.45) is 0 Å². The highest BCUT2D eigenvalue weighted by molar-refractivity contribution is 6.32. The van der Waals surface area contributed by atoms with Crippen molar-refractivity contribution in [1.29, 1.82) is 0 Å². The lowest BCUT2D eigenvalue weighted by atomic mass is 10.00. The number of piperidine rings is 1. The van der Waals surface area contributed by atoms with Crippen molar-refractivity contribution < 1.29 is 28.2 Å². The molecule has 244 valence electrons. The monoisotopic (exact) mass is 651 g/mol. The highest BCUT2D eigenvalue weighted by Gasteiger charge is 2.37. The molecule has 12 heteroatoms. The highest BCUT2D eigenvalue weighted by atomic mass is 35.5. The van der Waals surface area contributed by atoms with Crippen molar-refractivity contribution in [2.75, 3.05) is 45.2 Å². The van der Waals surface area contributed by atoms with Crippen LogP contribution in [-0.4, -0.2) is 89.5 Å². The Morgan fingerprint density at radius 2 is 1.89 bits per heavy atom. The Kier molecular flexibility index (Phi) is 9.91. The Hall–Kier alpha value is -4.51. The normalized spacial score (nSPS) is 18.0. The van der Waals surface area contributed by atoms with Crippen molar-refractivity contribution >= 4 is 40.8 Å². The Bertz CT molecular complexity index is 1590. The van der Waals surface area contributed by atoms with Crippen LogP contribution in [0.1, 0.15) is 37.8 Å². The number of esters is 1. The molecule has 1 saturated heterocycles. The first-order chi connectivity index (χ1) is 22.0. The number of likely N-dealkylation sites (tertiary alicyclic amines) is 1. The number of anilines is 1. The lowest BCUT2D eigenvalue weighted by Crippen LogP contribution is -2.53. The molecule has 0 radical (unpaired) electrons. The van der Waals surface area contributed by atoms with E-state index in [9.17, 15) is 18.8 Å². The van der Waals surface area contributed by atoms with E-state index in [2.05, 4.69) is 23.4 Å². The van der Waals surface area contributed by atoms with Crippen LogP contribution in [0.15, 0.2) is 67.3 Å². The van der Waals surface area contributed by atoms with E-state index >= 15 is 0 Å². The van der Waals surface area contributed by atoms with Crippen LogP contribution in [0.4, 0.5) is 14.9 Å². The maximum atomic E-state index is 14.4. The van der Waals surface area contributed by atoms with Gasteiger partial charge in [-0.15, -0.1) is 0 Å². The molecule has 0 bridgehead atoms. The molecule has 1 fully saturated rings. The minimum Gasteiger partial charge on any atom is -0.497 e. The van der Waals surface area contributed by atoms with E-state index in [1.165, 1.54) is 35.1 Å². The van der Waals surface area contributed by atoms with Gasteiger partial charge in [0.2, 0.25) is 5.91 Å². The van der Waals surface area contributed by atoms with E-state index in [-0.39, 0.29) is 35.8 Å². The van der Waals surface area contributed by atoms with Crippen LogP contribution < -0.4 is 10.1 Å². The molecule has 0 aromatic heterocycles. The van der Waals surface area contributed by atoms with Crippen LogP contribution in [0.25, 0.3) is 5.57 Å². The molecule has 5 rings (SSSR count). The second-order valence-electron chi connectivity index (χ2n) is 11.7. The molecular weight excluding hydrogens is 613 g/mol. The largest absolute Gasteiger partial charge is 0.497 e. The Labute approximate surface area is 273 Å². The summed E-state index contributed by atoms with van der Waals surface area (Å²) in [6.45, 7) is 12.8. The van der Waals surface area contributed by atoms with Crippen LogP contribution in [0.5, 0.6) is 5.75 Å². The predicted molar refractivity (Wildman–Crippen MR) is 174 cm³/mol. The average Bonchev–Trinajstić information content (AvgIpc) is 3.20. The van der Waals surface area contributed by atoms with Gasteiger partial charge >= 0.3 is 12.0 Å². The van der Waals surface area contributed by atoms with Gasteiger partial charge in [0.05, 0.1) is 24.0 Å². The van der Waals surface area contributed by atoms with E-state index in [0.29, 0.717) is 24.2 Å². The molecule has 2 aromatic carbocycles. The summed E-state index contributed by atoms with van der Waals surface area (Å²) in [5.41, 5.74) is 3.14. The Balaban J connectivity index is 1.28. The fourth-order valence-electron chi connectivity index (χ4n) is 6.19. The van der Waals surface area contributed by atoms with Crippen molar-refractivity contribution in [3.63, 3.8) is 0 Å². The number of nitrogens with zero attached hydrogens (tertiary/aromatic N) is 4. The fourth-order valence-corrected chi connectivity index (χ4v) is 6.42. The van der Waals surface area contributed by atoms with Crippen LogP contribution in [0.3, 0.4) is 0 Å². The molecule has 0 saturated carbocycles. The van der Waals surface area contributed by atoms with Crippen LogP contribution in [0, 0.1) is 5.82 Å². The van der Waals surface area contributed by atoms with Gasteiger partial charge in [0.15, 0.2) is 0 Å². The number of allylic oxidation sites excluding steroid dienone is 1. The van der Waals surface area contributed by atoms with Crippen molar-refractivity contribution in [1.82, 2.24) is 19.6 Å². The fraction of sp³-hybridized carbons (Fsp3) is 0.382. The summed E-state index contributed by atoms with van der Waals surface area (Å²) in [6.07, 6.45) is 3.80. The number of nitrogens with one attached hydrogen (secondary N) is 1. The summed E-state index contributed by atoms with van der Waals surface area (Å²) < 4.78 is 25.0. The maximum Gasteiger partial charge on any atom is 0.329 e. The van der Waals surface area contributed by atoms with Crippen LogP contribution in [-0.2, 0) is 20.7 Å². The average molecular weight is 652 g/mol. The maximum absolute atomic E-state index is 14.4. The standard InChI is InChI=1S/C34H39ClFN5O5/c1-21(20-46-24(4)42)41-22(2)29(28-7-6-8-30(36)33(28)35)18-39(34(41)44)19-32(43)38-14-12-26(13-15-38)40-16-11-25-17-27(45-5)9-10-31(25)37-23(40)3/h6-10,17-18,21,26,37H,2-3,11-16,19-20H2,1,4-5H3. The van der Waals surface area contributed by atoms with Gasteiger partial charge in [0, 0.05) is 61.3 Å². The van der Waals surface area contributed by atoms with Gasteiger partial charge in [0.1, 0.15) is 24.7 Å². The Morgan fingerprint density at radius 1 is 1.15 bits per heavy atom. The summed E-state index contributed by atoms with van der Waals surface area (Å²) in [5, 5.41) is 3.32. The first-order valence-corrected chi connectivity index (χ1v) is 15.6. The zero-order valence-electron chi connectivity index (χ0n) is 26.4. The second-order valence-corrected chi connectivity index (χ2v) is 12.1. The topological polar surface area (TPSA) is 94.7 Å². The number of benzene rings is 2. The molecule has 3 heterocycles. The van der Waals surface area contributed by atoms with Gasteiger partial charge in [-0.1, -0.05) is 36.9 Å². The highest BCUT2D eigenvalue weighted by Crippen LogP contribution is 2.37. The van der Waals surface area contributed by atoms with E-state index < -0.39 is 23.9 Å². The molecular formula is C34H39ClFN5O5. The number of halogens is 2. The van der Waals surface area contributed by atoms with Gasteiger partial charge < -0.3 is 24.6 Å². The quantitative estimate of drug-likeness (QED) is 0.379. The number of ether oxygens (including phenoxy) is 2. The minimum absolute atomic E-state index is 0.0885. The minimum atomic E-state index is -0.624. The molecule has 1 N–H and O–H groups in total. The summed E-state index contributed by atoms with van der Waals surface area (Å²) in [6, 6.07) is 9.41. The molecule has 0 aliphatic carbocycles. The van der Waals surface area contributed by atoms with Gasteiger partial charge in [-0.3, -0.25) is 19.4 Å². The number of carbonyl (C=O) groups excluding carboxylic acids is 3. The van der Waals surface area contributed by atoms with Crippen molar-refractivity contribution in [3.8, 4) is 5.75 Å². The molecule has 3 aliphatic heterocycles. The van der Waals surface area contributed by atoms with Gasteiger partial charge in [-0.2, -0.15) is 0 Å². The zero-order valence-corrected chi connectivity index (χ0v) is 27.1. The molecule has 2 aromatic rings. The summed E-state index contributed by atoms with van der Waals surface area (Å²) in [4.78, 5) is 45.5. The van der Waals surface area contributed by atoms with Gasteiger partial charge in [-0.25, -0.2) is 9.18 Å². The number of methoxy groups -OCH3 is 1. The number of carbonyl (C=O) groups is 3. The number of urea groups is 1. The zero-order chi connectivity index (χ0) is 33.1. The smallest absolute Gasteiger partial charge is 0.329 e. The number of hydrogen-bond donors (Lipinski definition) is 1. The third kappa shape index (κ3) is 6.84. The van der Waals surface area contributed by atoms with Gasteiger partial charge in [0.25, 0.3) is 0 Å². The van der Waals surface area contributed by atoms with E-state index in [0.717, 1.165) is 48.6 Å². The summed E-state index contributed by atoms with van der Waals surface area (Å²) in [5.74, 6) is 0.293. The number of rotatable bonds is 8. The second kappa shape index (κ2) is 13.9. The van der Waals surface area contributed by atoms with Crippen LogP contribution in [0.2, 0.25) is 5.02 Å². The van der Waals surface area contributed by atoms with Crippen molar-refractivity contribution in [3.05, 3.63) is 89.2 Å². The third-order valence-corrected chi connectivity index (χ3v) is 9.06. The van der Waals surface area contributed by atoms with Gasteiger partial charge in [-0.05, 0) is 56.0 Å². The predicted octanol–water partition coefficient (Wildman–Crippen LogP) is 5.46. The Morgan fingerprint density at radius 3 is 2.59 bits per heavy atom.